The van der Waals surface area contributed by atoms with Gasteiger partial charge in [-0.3, -0.25) is 0 Å². The van der Waals surface area contributed by atoms with E-state index < -0.39 is 40.1 Å². The Bertz CT molecular complexity index is 422. The molecule has 0 aromatic rings. The molecule has 16 heavy (non-hydrogen) atoms. The highest BCUT2D eigenvalue weighted by atomic mass is 32.2. The van der Waals surface area contributed by atoms with Gasteiger partial charge in [0.1, 0.15) is 0 Å². The molecule has 0 amide bonds. The highest BCUT2D eigenvalue weighted by molar-refractivity contribution is 7.87. The van der Waals surface area contributed by atoms with Crippen LogP contribution in [0, 0.1) is 0 Å². The van der Waals surface area contributed by atoms with Crippen molar-refractivity contribution in [3.63, 3.8) is 0 Å². The molecule has 6 nitrogen and oxygen atoms in total. The average Bonchev–Trinajstić information content (AvgIpc) is 2.49. The van der Waals surface area contributed by atoms with Crippen molar-refractivity contribution in [1.29, 1.82) is 0 Å². The quantitative estimate of drug-likeness (QED) is 0.590. The van der Waals surface area contributed by atoms with Crippen molar-refractivity contribution in [3.05, 3.63) is 11.8 Å². The summed E-state index contributed by atoms with van der Waals surface area (Å²) in [4.78, 5) is 10.3. The number of ether oxygens (including phenoxy) is 1. The minimum absolute atomic E-state index is 0.392. The average molecular weight is 262 g/mol. The predicted octanol–water partition coefficient (Wildman–Crippen LogP) is 0.568. The van der Waals surface area contributed by atoms with Crippen LogP contribution in [0.3, 0.4) is 0 Å². The Morgan fingerprint density at radius 3 is 2.50 bits per heavy atom. The lowest BCUT2D eigenvalue weighted by atomic mass is 10.4. The maximum absolute atomic E-state index is 11.8. The van der Waals surface area contributed by atoms with Crippen LogP contribution in [0.15, 0.2) is 11.8 Å². The van der Waals surface area contributed by atoms with Crippen molar-refractivity contribution < 1.29 is 40.4 Å². The molecule has 0 aromatic carbocycles. The van der Waals surface area contributed by atoms with E-state index in [4.69, 9.17) is 5.11 Å². The second-order valence-electron chi connectivity index (χ2n) is 2.65. The third-order valence-electron chi connectivity index (χ3n) is 1.48. The summed E-state index contributed by atoms with van der Waals surface area (Å²) in [6, 6.07) is 0. The van der Waals surface area contributed by atoms with E-state index in [1.54, 1.807) is 0 Å². The summed E-state index contributed by atoms with van der Waals surface area (Å²) in [5, 5.41) is 8.37. The van der Waals surface area contributed by atoms with Gasteiger partial charge in [0.05, 0.1) is 0 Å². The first-order valence-electron chi connectivity index (χ1n) is 3.73. The van der Waals surface area contributed by atoms with Crippen molar-refractivity contribution in [2.45, 2.75) is 18.2 Å². The molecule has 1 N–H and O–H groups in total. The van der Waals surface area contributed by atoms with E-state index in [1.807, 2.05) is 0 Å². The van der Waals surface area contributed by atoms with Crippen LogP contribution >= 0.6 is 0 Å². The molecule has 0 aromatic heterocycles. The zero-order valence-corrected chi connectivity index (χ0v) is 8.21. The first-order valence-corrected chi connectivity index (χ1v) is 5.14. The van der Waals surface area contributed by atoms with Gasteiger partial charge in [-0.1, -0.05) is 0 Å². The molecule has 92 valence electrons. The Kier molecular flexibility index (Phi) is 3.15. The summed E-state index contributed by atoms with van der Waals surface area (Å²) in [5.74, 6) is -2.17. The van der Waals surface area contributed by atoms with Crippen LogP contribution in [0.25, 0.3) is 0 Å². The Balaban J connectivity index is 2.65. The number of halogens is 3. The summed E-state index contributed by atoms with van der Waals surface area (Å²) >= 11 is 0. The lowest BCUT2D eigenvalue weighted by molar-refractivity contribution is -0.140. The summed E-state index contributed by atoms with van der Waals surface area (Å²) in [7, 11) is -5.78. The van der Waals surface area contributed by atoms with Gasteiger partial charge in [0.15, 0.2) is 0 Å². The maximum Gasteiger partial charge on any atom is 0.523 e. The Morgan fingerprint density at radius 2 is 2.12 bits per heavy atom. The molecule has 1 aliphatic rings. The summed E-state index contributed by atoms with van der Waals surface area (Å²) < 4.78 is 64.5. The van der Waals surface area contributed by atoms with E-state index in [0.29, 0.717) is 0 Å². The number of hydrogen-bond donors (Lipinski definition) is 1. The van der Waals surface area contributed by atoms with Crippen LogP contribution in [-0.2, 0) is 23.8 Å². The van der Waals surface area contributed by atoms with Crippen molar-refractivity contribution >= 4 is 16.1 Å². The third-order valence-corrected chi connectivity index (χ3v) is 2.52. The lowest BCUT2D eigenvalue weighted by Crippen LogP contribution is -2.30. The standard InChI is InChI=1S/C6H5F3O6S/c7-6(8,9)16(12,13)15-4-2-1-3(14-4)5(10)11/h1,4H,2H2,(H,10,11). The Morgan fingerprint density at radius 1 is 1.56 bits per heavy atom. The van der Waals surface area contributed by atoms with Crippen LogP contribution in [0.2, 0.25) is 0 Å². The van der Waals surface area contributed by atoms with E-state index in [2.05, 4.69) is 8.92 Å². The zero-order valence-electron chi connectivity index (χ0n) is 7.39. The number of carboxylic acids is 1. The number of alkyl halides is 3. The van der Waals surface area contributed by atoms with Crippen LogP contribution in [-0.4, -0.2) is 31.3 Å². The first-order chi connectivity index (χ1) is 7.13. The summed E-state index contributed by atoms with van der Waals surface area (Å²) in [5.41, 5.74) is -5.57. The van der Waals surface area contributed by atoms with Crippen molar-refractivity contribution in [2.24, 2.45) is 0 Å². The van der Waals surface area contributed by atoms with Crippen molar-refractivity contribution in [3.8, 4) is 0 Å². The molecule has 1 rings (SSSR count). The summed E-state index contributed by atoms with van der Waals surface area (Å²) in [6.07, 6.45) is -1.27. The monoisotopic (exact) mass is 262 g/mol. The second kappa shape index (κ2) is 3.94. The molecular weight excluding hydrogens is 257 g/mol. The third kappa shape index (κ3) is 2.64. The fraction of sp³-hybridized carbons (Fsp3) is 0.500. The van der Waals surface area contributed by atoms with E-state index in [1.165, 1.54) is 0 Å². The van der Waals surface area contributed by atoms with Crippen molar-refractivity contribution in [1.82, 2.24) is 0 Å². The molecule has 0 saturated heterocycles. The van der Waals surface area contributed by atoms with Gasteiger partial charge < -0.3 is 9.84 Å². The molecule has 0 radical (unpaired) electrons. The van der Waals surface area contributed by atoms with E-state index >= 15 is 0 Å². The molecular formula is C6H5F3O6S. The van der Waals surface area contributed by atoms with E-state index in [-0.39, 0.29) is 0 Å². The van der Waals surface area contributed by atoms with Gasteiger partial charge in [-0.2, -0.15) is 21.6 Å². The molecule has 0 aliphatic carbocycles. The maximum atomic E-state index is 11.8. The number of carbonyl (C=O) groups is 1. The number of aliphatic carboxylic acids is 1. The largest absolute Gasteiger partial charge is 0.523 e. The van der Waals surface area contributed by atoms with Crippen molar-refractivity contribution in [2.75, 3.05) is 0 Å². The second-order valence-corrected chi connectivity index (χ2v) is 4.22. The predicted molar refractivity (Wildman–Crippen MR) is 41.3 cm³/mol. The van der Waals surface area contributed by atoms with Gasteiger partial charge in [0, 0.05) is 6.42 Å². The molecule has 1 aliphatic heterocycles. The molecule has 1 unspecified atom stereocenters. The molecule has 1 heterocycles. The van der Waals surface area contributed by atoms with Gasteiger partial charge >= 0.3 is 21.6 Å². The SMILES string of the molecule is O=C(O)C1=CCC(OS(=O)(=O)C(F)(F)F)O1. The molecule has 0 saturated carbocycles. The lowest BCUT2D eigenvalue weighted by Gasteiger charge is -2.13. The Labute approximate surface area is 87.4 Å². The van der Waals surface area contributed by atoms with Gasteiger partial charge in [0.2, 0.25) is 12.0 Å². The minimum atomic E-state index is -5.78. The van der Waals surface area contributed by atoms with E-state index in [9.17, 15) is 26.4 Å². The molecule has 0 bridgehead atoms. The topological polar surface area (TPSA) is 89.9 Å². The molecule has 1 atom stereocenters. The number of carboxylic acid groups (broad SMARTS) is 1. The van der Waals surface area contributed by atoms with Gasteiger partial charge in [0.25, 0.3) is 0 Å². The number of hydrogen-bond acceptors (Lipinski definition) is 5. The van der Waals surface area contributed by atoms with Crippen LogP contribution in [0.5, 0.6) is 0 Å². The highest BCUT2D eigenvalue weighted by Crippen LogP contribution is 2.29. The van der Waals surface area contributed by atoms with Crippen LogP contribution < -0.4 is 0 Å². The van der Waals surface area contributed by atoms with Gasteiger partial charge in [-0.05, 0) is 6.08 Å². The summed E-state index contributed by atoms with van der Waals surface area (Å²) in [6.45, 7) is 0. The molecule has 0 fully saturated rings. The van der Waals surface area contributed by atoms with Crippen LogP contribution in [0.1, 0.15) is 6.42 Å². The minimum Gasteiger partial charge on any atom is -0.475 e. The van der Waals surface area contributed by atoms with Gasteiger partial charge in [-0.25, -0.2) is 8.98 Å². The first kappa shape index (κ1) is 12.8. The molecule has 0 spiro atoms. The van der Waals surface area contributed by atoms with Gasteiger partial charge in [-0.15, -0.1) is 0 Å². The highest BCUT2D eigenvalue weighted by Gasteiger charge is 2.49. The normalized spacial score (nSPS) is 21.4. The fourth-order valence-electron chi connectivity index (χ4n) is 0.834. The van der Waals surface area contributed by atoms with E-state index in [0.717, 1.165) is 6.08 Å². The Hall–Kier alpha value is -1.29. The number of rotatable bonds is 3. The smallest absolute Gasteiger partial charge is 0.475 e. The zero-order chi connectivity index (χ0) is 12.6. The fourth-order valence-corrected chi connectivity index (χ4v) is 1.34. The molecule has 10 heteroatoms. The van der Waals surface area contributed by atoms with Crippen LogP contribution in [0.4, 0.5) is 13.2 Å².